The van der Waals surface area contributed by atoms with Crippen LogP contribution in [0.15, 0.2) is 53.4 Å². The van der Waals surface area contributed by atoms with Gasteiger partial charge in [0.1, 0.15) is 0 Å². The summed E-state index contributed by atoms with van der Waals surface area (Å²) in [4.78, 5) is 14.3. The predicted molar refractivity (Wildman–Crippen MR) is 108 cm³/mol. The number of nitrogens with one attached hydrogen (secondary N) is 1. The Balaban J connectivity index is 1.80. The molecule has 0 spiro atoms. The number of hydrogen-bond acceptors (Lipinski definition) is 5. The number of hydrogen-bond donors (Lipinski definition) is 1. The standard InChI is InChI=1S/C21H26N2O3S/c1-15-12-23(13-17-7-5-4-6-8-17)14-20(15)22-19-11-18(16(2)24)9-10-21(19)27(3,25)26/h4-11,15,20,22H,12-14H2,1-3H3. The molecular weight excluding hydrogens is 360 g/mol. The number of carbonyl (C=O) groups is 1. The maximum absolute atomic E-state index is 12.2. The molecule has 27 heavy (non-hydrogen) atoms. The fourth-order valence-corrected chi connectivity index (χ4v) is 4.44. The first-order chi connectivity index (χ1) is 12.7. The molecule has 1 fully saturated rings. The average Bonchev–Trinajstić information content (AvgIpc) is 2.93. The molecule has 0 aliphatic carbocycles. The van der Waals surface area contributed by atoms with Crippen LogP contribution in [-0.2, 0) is 16.4 Å². The minimum Gasteiger partial charge on any atom is -0.380 e. The number of anilines is 1. The lowest BCUT2D eigenvalue weighted by atomic mass is 10.1. The number of carbonyl (C=O) groups excluding carboxylic acids is 1. The molecular formula is C21H26N2O3S. The molecule has 2 aromatic rings. The van der Waals surface area contributed by atoms with E-state index in [0.29, 0.717) is 17.2 Å². The van der Waals surface area contributed by atoms with E-state index >= 15 is 0 Å². The van der Waals surface area contributed by atoms with Crippen LogP contribution in [0.4, 0.5) is 5.69 Å². The van der Waals surface area contributed by atoms with Gasteiger partial charge in [-0.25, -0.2) is 8.42 Å². The molecule has 144 valence electrons. The summed E-state index contributed by atoms with van der Waals surface area (Å²) in [6.07, 6.45) is 1.20. The molecule has 2 atom stereocenters. The first-order valence-corrected chi connectivity index (χ1v) is 11.0. The summed E-state index contributed by atoms with van der Waals surface area (Å²) in [7, 11) is -3.38. The Kier molecular flexibility index (Phi) is 5.67. The van der Waals surface area contributed by atoms with Crippen molar-refractivity contribution in [3.8, 4) is 0 Å². The highest BCUT2D eigenvalue weighted by Crippen LogP contribution is 2.28. The fraction of sp³-hybridized carbons (Fsp3) is 0.381. The van der Waals surface area contributed by atoms with Crippen LogP contribution in [0.25, 0.3) is 0 Å². The molecule has 0 radical (unpaired) electrons. The van der Waals surface area contributed by atoms with Crippen molar-refractivity contribution in [2.45, 2.75) is 31.3 Å². The van der Waals surface area contributed by atoms with E-state index in [2.05, 4.69) is 29.3 Å². The van der Waals surface area contributed by atoms with Crippen molar-refractivity contribution >= 4 is 21.3 Å². The van der Waals surface area contributed by atoms with Crippen LogP contribution in [0.2, 0.25) is 0 Å². The zero-order valence-corrected chi connectivity index (χ0v) is 16.8. The van der Waals surface area contributed by atoms with E-state index in [-0.39, 0.29) is 16.7 Å². The van der Waals surface area contributed by atoms with Gasteiger partial charge in [-0.3, -0.25) is 9.69 Å². The molecule has 2 aromatic carbocycles. The monoisotopic (exact) mass is 386 g/mol. The fourth-order valence-electron chi connectivity index (χ4n) is 3.61. The first-order valence-electron chi connectivity index (χ1n) is 9.12. The van der Waals surface area contributed by atoms with E-state index < -0.39 is 9.84 Å². The first kappa shape index (κ1) is 19.6. The van der Waals surface area contributed by atoms with Crippen LogP contribution >= 0.6 is 0 Å². The molecule has 1 saturated heterocycles. The van der Waals surface area contributed by atoms with E-state index in [1.165, 1.54) is 24.8 Å². The van der Waals surface area contributed by atoms with Gasteiger partial charge in [0.2, 0.25) is 0 Å². The Hall–Kier alpha value is -2.18. The second kappa shape index (κ2) is 7.82. The van der Waals surface area contributed by atoms with Crippen molar-refractivity contribution in [3.63, 3.8) is 0 Å². The van der Waals surface area contributed by atoms with Crippen LogP contribution in [-0.4, -0.2) is 44.5 Å². The molecule has 5 nitrogen and oxygen atoms in total. The maximum atomic E-state index is 12.2. The lowest BCUT2D eigenvalue weighted by Gasteiger charge is -2.21. The minimum atomic E-state index is -3.38. The summed E-state index contributed by atoms with van der Waals surface area (Å²) >= 11 is 0. The van der Waals surface area contributed by atoms with Gasteiger partial charge in [0.15, 0.2) is 15.6 Å². The minimum absolute atomic E-state index is 0.0803. The highest BCUT2D eigenvalue weighted by Gasteiger charge is 2.30. The third-order valence-corrected chi connectivity index (χ3v) is 6.22. The zero-order chi connectivity index (χ0) is 19.6. The highest BCUT2D eigenvalue weighted by atomic mass is 32.2. The Labute approximate surface area is 161 Å². The molecule has 3 rings (SSSR count). The van der Waals surface area contributed by atoms with Crippen molar-refractivity contribution in [1.29, 1.82) is 0 Å². The topological polar surface area (TPSA) is 66.5 Å². The summed E-state index contributed by atoms with van der Waals surface area (Å²) in [5, 5.41) is 3.40. The normalized spacial score (nSPS) is 20.6. The zero-order valence-electron chi connectivity index (χ0n) is 16.0. The summed E-state index contributed by atoms with van der Waals surface area (Å²) < 4.78 is 24.3. The second-order valence-electron chi connectivity index (χ2n) is 7.45. The van der Waals surface area contributed by atoms with Gasteiger partial charge in [-0.2, -0.15) is 0 Å². The number of benzene rings is 2. The summed E-state index contributed by atoms with van der Waals surface area (Å²) in [6.45, 7) is 6.28. The van der Waals surface area contributed by atoms with E-state index in [1.807, 2.05) is 18.2 Å². The average molecular weight is 387 g/mol. The summed E-state index contributed by atoms with van der Waals surface area (Å²) in [6, 6.07) is 15.2. The van der Waals surface area contributed by atoms with Gasteiger partial charge in [-0.15, -0.1) is 0 Å². The molecule has 1 heterocycles. The molecule has 6 heteroatoms. The third-order valence-electron chi connectivity index (χ3n) is 5.06. The molecule has 1 aliphatic heterocycles. The predicted octanol–water partition coefficient (Wildman–Crippen LogP) is 3.23. The van der Waals surface area contributed by atoms with Crippen molar-refractivity contribution in [1.82, 2.24) is 4.90 Å². The van der Waals surface area contributed by atoms with Gasteiger partial charge < -0.3 is 5.32 Å². The van der Waals surface area contributed by atoms with E-state index in [4.69, 9.17) is 0 Å². The lowest BCUT2D eigenvalue weighted by Crippen LogP contribution is -2.28. The molecule has 0 aromatic heterocycles. The van der Waals surface area contributed by atoms with Crippen LogP contribution in [0.3, 0.4) is 0 Å². The van der Waals surface area contributed by atoms with Crippen molar-refractivity contribution < 1.29 is 13.2 Å². The molecule has 1 N–H and O–H groups in total. The van der Waals surface area contributed by atoms with Crippen LogP contribution < -0.4 is 5.32 Å². The number of Topliss-reactive ketones (excluding diaryl/α,β-unsaturated/α-hetero) is 1. The van der Waals surface area contributed by atoms with Crippen LogP contribution in [0, 0.1) is 5.92 Å². The van der Waals surface area contributed by atoms with Gasteiger partial charge in [-0.05, 0) is 36.6 Å². The quantitative estimate of drug-likeness (QED) is 0.772. The Bertz CT molecular complexity index is 926. The molecule has 1 aliphatic rings. The van der Waals surface area contributed by atoms with Gasteiger partial charge in [0.05, 0.1) is 10.6 Å². The number of sulfone groups is 1. The highest BCUT2D eigenvalue weighted by molar-refractivity contribution is 7.90. The van der Waals surface area contributed by atoms with Crippen molar-refractivity contribution in [2.75, 3.05) is 24.7 Å². The third kappa shape index (κ3) is 4.76. The second-order valence-corrected chi connectivity index (χ2v) is 9.43. The van der Waals surface area contributed by atoms with Gasteiger partial charge >= 0.3 is 0 Å². The molecule has 0 saturated carbocycles. The van der Waals surface area contributed by atoms with E-state index in [0.717, 1.165) is 19.6 Å². The van der Waals surface area contributed by atoms with Gasteiger partial charge in [0, 0.05) is 37.5 Å². The molecule has 2 unspecified atom stereocenters. The summed E-state index contributed by atoms with van der Waals surface area (Å²) in [5.41, 5.74) is 2.29. The van der Waals surface area contributed by atoms with E-state index in [1.54, 1.807) is 12.1 Å². The van der Waals surface area contributed by atoms with Gasteiger partial charge in [0.25, 0.3) is 0 Å². The van der Waals surface area contributed by atoms with Crippen LogP contribution in [0.1, 0.15) is 29.8 Å². The largest absolute Gasteiger partial charge is 0.380 e. The van der Waals surface area contributed by atoms with Gasteiger partial charge in [-0.1, -0.05) is 37.3 Å². The summed E-state index contributed by atoms with van der Waals surface area (Å²) in [5.74, 6) is 0.283. The van der Waals surface area contributed by atoms with Crippen molar-refractivity contribution in [3.05, 3.63) is 59.7 Å². The van der Waals surface area contributed by atoms with E-state index in [9.17, 15) is 13.2 Å². The smallest absolute Gasteiger partial charge is 0.177 e. The lowest BCUT2D eigenvalue weighted by molar-refractivity contribution is 0.101. The number of nitrogens with zero attached hydrogens (tertiary/aromatic N) is 1. The van der Waals surface area contributed by atoms with Crippen LogP contribution in [0.5, 0.6) is 0 Å². The maximum Gasteiger partial charge on any atom is 0.177 e. The SMILES string of the molecule is CC(=O)c1ccc(S(C)(=O)=O)c(NC2CN(Cc3ccccc3)CC2C)c1. The number of rotatable bonds is 6. The van der Waals surface area contributed by atoms with Crippen molar-refractivity contribution in [2.24, 2.45) is 5.92 Å². The Morgan fingerprint density at radius 3 is 2.48 bits per heavy atom. The molecule has 0 bridgehead atoms. The Morgan fingerprint density at radius 2 is 1.85 bits per heavy atom. The number of likely N-dealkylation sites (tertiary alicyclic amines) is 1. The number of ketones is 1. The molecule has 0 amide bonds. The Morgan fingerprint density at radius 1 is 1.15 bits per heavy atom.